The van der Waals surface area contributed by atoms with Crippen molar-refractivity contribution in [1.29, 1.82) is 0 Å². The maximum atomic E-state index is 12.5. The second-order valence-electron chi connectivity index (χ2n) is 6.17. The van der Waals surface area contributed by atoms with Crippen molar-refractivity contribution in [2.75, 3.05) is 25.0 Å². The van der Waals surface area contributed by atoms with Crippen LogP contribution in [-0.4, -0.2) is 43.2 Å². The van der Waals surface area contributed by atoms with E-state index in [2.05, 4.69) is 10.6 Å². The zero-order chi connectivity index (χ0) is 21.4. The molecule has 2 aromatic rings. The fraction of sp³-hybridized carbons (Fsp3) is 0.316. The normalized spacial score (nSPS) is 11.3. The standard InChI is InChI=1S/C19H24N4O5S/c1-3-22(4-2)29(27,28)18-10-8-15(9-11-18)13-21-19(24)14-20-16-6-5-7-17(12-16)23(25)26/h5-12,20H,3-4,13-14H2,1-2H3,(H,21,24). The Labute approximate surface area is 169 Å². The lowest BCUT2D eigenvalue weighted by molar-refractivity contribution is -0.384. The van der Waals surface area contributed by atoms with Gasteiger partial charge in [0.15, 0.2) is 0 Å². The monoisotopic (exact) mass is 420 g/mol. The number of nitrogens with one attached hydrogen (secondary N) is 2. The second kappa shape index (κ2) is 9.99. The predicted molar refractivity (Wildman–Crippen MR) is 110 cm³/mol. The first-order valence-corrected chi connectivity index (χ1v) is 10.6. The zero-order valence-electron chi connectivity index (χ0n) is 16.3. The molecule has 0 heterocycles. The Kier molecular flexibility index (Phi) is 7.68. The fourth-order valence-corrected chi connectivity index (χ4v) is 4.12. The number of rotatable bonds is 10. The van der Waals surface area contributed by atoms with Crippen LogP contribution in [0.3, 0.4) is 0 Å². The average molecular weight is 420 g/mol. The molecule has 0 saturated heterocycles. The Bertz CT molecular complexity index is 957. The number of hydrogen-bond acceptors (Lipinski definition) is 6. The van der Waals surface area contributed by atoms with Crippen LogP contribution in [0.4, 0.5) is 11.4 Å². The SMILES string of the molecule is CCN(CC)S(=O)(=O)c1ccc(CNC(=O)CNc2cccc([N+](=O)[O-])c2)cc1. The second-order valence-corrected chi connectivity index (χ2v) is 8.11. The van der Waals surface area contributed by atoms with Crippen molar-refractivity contribution in [3.63, 3.8) is 0 Å². The van der Waals surface area contributed by atoms with E-state index < -0.39 is 14.9 Å². The first-order chi connectivity index (χ1) is 13.8. The van der Waals surface area contributed by atoms with E-state index in [-0.39, 0.29) is 29.6 Å². The summed E-state index contributed by atoms with van der Waals surface area (Å²) < 4.78 is 26.3. The fourth-order valence-electron chi connectivity index (χ4n) is 2.67. The van der Waals surface area contributed by atoms with E-state index in [1.165, 1.54) is 34.6 Å². The minimum absolute atomic E-state index is 0.0460. The zero-order valence-corrected chi connectivity index (χ0v) is 17.1. The minimum Gasteiger partial charge on any atom is -0.376 e. The van der Waals surface area contributed by atoms with Gasteiger partial charge in [0.1, 0.15) is 0 Å². The molecule has 0 atom stereocenters. The summed E-state index contributed by atoms with van der Waals surface area (Å²) in [5.41, 5.74) is 1.17. The van der Waals surface area contributed by atoms with Gasteiger partial charge in [-0.2, -0.15) is 4.31 Å². The highest BCUT2D eigenvalue weighted by Crippen LogP contribution is 2.17. The van der Waals surface area contributed by atoms with Gasteiger partial charge in [0.2, 0.25) is 15.9 Å². The molecule has 0 unspecified atom stereocenters. The van der Waals surface area contributed by atoms with E-state index in [4.69, 9.17) is 0 Å². The van der Waals surface area contributed by atoms with E-state index in [1.54, 1.807) is 32.0 Å². The largest absolute Gasteiger partial charge is 0.376 e. The number of nitrogens with zero attached hydrogens (tertiary/aromatic N) is 2. The van der Waals surface area contributed by atoms with E-state index in [0.717, 1.165) is 5.56 Å². The molecule has 0 radical (unpaired) electrons. The molecule has 0 fully saturated rings. The highest BCUT2D eigenvalue weighted by Gasteiger charge is 2.21. The lowest BCUT2D eigenvalue weighted by Crippen LogP contribution is -2.31. The quantitative estimate of drug-likeness (QED) is 0.449. The van der Waals surface area contributed by atoms with E-state index >= 15 is 0 Å². The number of nitro groups is 1. The van der Waals surface area contributed by atoms with Gasteiger partial charge in [-0.15, -0.1) is 0 Å². The number of anilines is 1. The molecule has 0 spiro atoms. The third kappa shape index (κ3) is 6.00. The smallest absolute Gasteiger partial charge is 0.271 e. The molecule has 2 N–H and O–H groups in total. The number of carbonyl (C=O) groups is 1. The summed E-state index contributed by atoms with van der Waals surface area (Å²) in [4.78, 5) is 22.5. The third-order valence-corrected chi connectivity index (χ3v) is 6.33. The van der Waals surface area contributed by atoms with Crippen LogP contribution in [0, 0.1) is 10.1 Å². The molecule has 2 rings (SSSR count). The molecule has 0 aliphatic carbocycles. The van der Waals surface area contributed by atoms with Gasteiger partial charge in [-0.3, -0.25) is 14.9 Å². The van der Waals surface area contributed by atoms with Crippen LogP contribution in [0.5, 0.6) is 0 Å². The molecule has 156 valence electrons. The number of sulfonamides is 1. The molecule has 29 heavy (non-hydrogen) atoms. The lowest BCUT2D eigenvalue weighted by atomic mass is 10.2. The Morgan fingerprint density at radius 1 is 1.10 bits per heavy atom. The van der Waals surface area contributed by atoms with Gasteiger partial charge < -0.3 is 10.6 Å². The van der Waals surface area contributed by atoms with Crippen molar-refractivity contribution in [3.05, 3.63) is 64.2 Å². The Morgan fingerprint density at radius 3 is 2.34 bits per heavy atom. The molecule has 2 aromatic carbocycles. The molecule has 9 nitrogen and oxygen atoms in total. The van der Waals surface area contributed by atoms with Gasteiger partial charge >= 0.3 is 0 Å². The molecule has 0 aromatic heterocycles. The number of hydrogen-bond donors (Lipinski definition) is 2. The molecule has 0 aliphatic rings. The Hall–Kier alpha value is -2.98. The highest BCUT2D eigenvalue weighted by atomic mass is 32.2. The first-order valence-electron chi connectivity index (χ1n) is 9.12. The van der Waals surface area contributed by atoms with Crippen LogP contribution >= 0.6 is 0 Å². The molecule has 0 bridgehead atoms. The van der Waals surface area contributed by atoms with Crippen LogP contribution in [0.15, 0.2) is 53.4 Å². The van der Waals surface area contributed by atoms with Crippen LogP contribution in [-0.2, 0) is 21.4 Å². The van der Waals surface area contributed by atoms with E-state index in [1.807, 2.05) is 0 Å². The predicted octanol–water partition coefficient (Wildman–Crippen LogP) is 2.35. The number of nitro benzene ring substituents is 1. The van der Waals surface area contributed by atoms with Crippen molar-refractivity contribution in [3.8, 4) is 0 Å². The average Bonchev–Trinajstić information content (AvgIpc) is 2.72. The van der Waals surface area contributed by atoms with Gasteiger partial charge in [0.05, 0.1) is 16.4 Å². The summed E-state index contributed by atoms with van der Waals surface area (Å²) in [7, 11) is -3.51. The topological polar surface area (TPSA) is 122 Å². The molecular formula is C19H24N4O5S. The molecule has 1 amide bonds. The lowest BCUT2D eigenvalue weighted by Gasteiger charge is -2.18. The summed E-state index contributed by atoms with van der Waals surface area (Å²) >= 11 is 0. The maximum absolute atomic E-state index is 12.5. The van der Waals surface area contributed by atoms with Crippen molar-refractivity contribution in [1.82, 2.24) is 9.62 Å². The van der Waals surface area contributed by atoms with Crippen LogP contribution in [0.25, 0.3) is 0 Å². The van der Waals surface area contributed by atoms with Gasteiger partial charge in [-0.05, 0) is 23.8 Å². The summed E-state index contributed by atoms with van der Waals surface area (Å²) in [5, 5.41) is 16.3. The van der Waals surface area contributed by atoms with Crippen molar-refractivity contribution >= 4 is 27.3 Å². The van der Waals surface area contributed by atoms with Gasteiger partial charge in [-0.1, -0.05) is 32.0 Å². The van der Waals surface area contributed by atoms with Gasteiger partial charge in [0, 0.05) is 37.5 Å². The molecular weight excluding hydrogens is 396 g/mol. The number of benzene rings is 2. The number of amides is 1. The maximum Gasteiger partial charge on any atom is 0.271 e. The Morgan fingerprint density at radius 2 is 1.76 bits per heavy atom. The van der Waals surface area contributed by atoms with Crippen LogP contribution in [0.2, 0.25) is 0 Å². The Balaban J connectivity index is 1.89. The van der Waals surface area contributed by atoms with Gasteiger partial charge in [-0.25, -0.2) is 8.42 Å². The van der Waals surface area contributed by atoms with Crippen molar-refractivity contribution < 1.29 is 18.1 Å². The van der Waals surface area contributed by atoms with Crippen molar-refractivity contribution in [2.45, 2.75) is 25.3 Å². The van der Waals surface area contributed by atoms with E-state index in [9.17, 15) is 23.3 Å². The summed E-state index contributed by atoms with van der Waals surface area (Å²) in [6.07, 6.45) is 0. The molecule has 0 aliphatic heterocycles. The molecule has 10 heteroatoms. The van der Waals surface area contributed by atoms with Crippen LogP contribution in [0.1, 0.15) is 19.4 Å². The molecule has 0 saturated carbocycles. The minimum atomic E-state index is -3.51. The number of carbonyl (C=O) groups excluding carboxylic acids is 1. The van der Waals surface area contributed by atoms with Gasteiger partial charge in [0.25, 0.3) is 5.69 Å². The van der Waals surface area contributed by atoms with Crippen molar-refractivity contribution in [2.24, 2.45) is 0 Å². The van der Waals surface area contributed by atoms with Crippen LogP contribution < -0.4 is 10.6 Å². The summed E-state index contributed by atoms with van der Waals surface area (Å²) in [5.74, 6) is -0.295. The number of non-ortho nitro benzene ring substituents is 1. The summed E-state index contributed by atoms with van der Waals surface area (Å²) in [6.45, 7) is 4.55. The first kappa shape index (κ1) is 22.3. The summed E-state index contributed by atoms with van der Waals surface area (Å²) in [6, 6.07) is 12.3. The van der Waals surface area contributed by atoms with E-state index in [0.29, 0.717) is 18.8 Å². The third-order valence-electron chi connectivity index (χ3n) is 4.27. The highest BCUT2D eigenvalue weighted by molar-refractivity contribution is 7.89.